The van der Waals surface area contributed by atoms with E-state index in [4.69, 9.17) is 16.0 Å². The van der Waals surface area contributed by atoms with E-state index in [2.05, 4.69) is 0 Å². The Balaban J connectivity index is 2.47. The third-order valence-electron chi connectivity index (χ3n) is 2.79. The van der Waals surface area contributed by atoms with Gasteiger partial charge in [-0.1, -0.05) is 26.2 Å². The maximum absolute atomic E-state index is 11.4. The van der Waals surface area contributed by atoms with Gasteiger partial charge in [-0.2, -0.15) is 0 Å². The summed E-state index contributed by atoms with van der Waals surface area (Å²) in [6, 6.07) is 2.15. The summed E-state index contributed by atoms with van der Waals surface area (Å²) in [4.78, 5) is 11.4. The minimum Gasteiger partial charge on any atom is -0.518 e. The van der Waals surface area contributed by atoms with Crippen LogP contribution in [0.3, 0.4) is 0 Å². The van der Waals surface area contributed by atoms with Crippen molar-refractivity contribution in [3.63, 3.8) is 0 Å². The topological polar surface area (TPSA) is 26.3 Å². The minimum absolute atomic E-state index is 0.0262. The van der Waals surface area contributed by atoms with Gasteiger partial charge in [0.2, 0.25) is 0 Å². The SMILES string of the molecule is CCCC(=O)O[Si]1(CCl)CCCCC1. The highest BCUT2D eigenvalue weighted by atomic mass is 35.5. The van der Waals surface area contributed by atoms with Gasteiger partial charge >= 0.3 is 0 Å². The molecule has 14 heavy (non-hydrogen) atoms. The Hall–Kier alpha value is -0.0231. The second kappa shape index (κ2) is 5.76. The molecular formula is C10H19ClO2Si. The summed E-state index contributed by atoms with van der Waals surface area (Å²) in [6.45, 7) is 2.00. The summed E-state index contributed by atoms with van der Waals surface area (Å²) < 4.78 is 5.64. The normalized spacial score (nSPS) is 20.4. The number of carbonyl (C=O) groups is 1. The van der Waals surface area contributed by atoms with Crippen LogP contribution in [0, 0.1) is 0 Å². The maximum Gasteiger partial charge on any atom is 0.292 e. The van der Waals surface area contributed by atoms with Crippen LogP contribution in [-0.2, 0) is 9.22 Å². The molecule has 0 amide bonds. The van der Waals surface area contributed by atoms with E-state index < -0.39 is 8.32 Å². The van der Waals surface area contributed by atoms with E-state index in [0.29, 0.717) is 11.9 Å². The van der Waals surface area contributed by atoms with Crippen molar-refractivity contribution in [2.75, 3.05) is 5.50 Å². The Kier molecular flexibility index (Phi) is 4.96. The van der Waals surface area contributed by atoms with Gasteiger partial charge in [0.1, 0.15) is 0 Å². The molecule has 0 aliphatic carbocycles. The quantitative estimate of drug-likeness (QED) is 0.552. The van der Waals surface area contributed by atoms with Crippen molar-refractivity contribution in [1.29, 1.82) is 0 Å². The molecule has 4 heteroatoms. The van der Waals surface area contributed by atoms with Crippen LogP contribution in [0.4, 0.5) is 0 Å². The Morgan fingerprint density at radius 2 is 2.00 bits per heavy atom. The molecule has 0 unspecified atom stereocenters. The zero-order valence-electron chi connectivity index (χ0n) is 8.85. The van der Waals surface area contributed by atoms with Gasteiger partial charge in [0, 0.05) is 6.42 Å². The molecule has 0 aromatic rings. The molecule has 0 N–H and O–H groups in total. The predicted octanol–water partition coefficient (Wildman–Crippen LogP) is 3.24. The number of halogens is 1. The molecule has 0 aromatic carbocycles. The van der Waals surface area contributed by atoms with Gasteiger partial charge in [0.15, 0.2) is 0 Å². The van der Waals surface area contributed by atoms with Crippen molar-refractivity contribution in [2.24, 2.45) is 0 Å². The molecule has 0 bridgehead atoms. The Morgan fingerprint density at radius 1 is 1.36 bits per heavy atom. The number of carbonyl (C=O) groups excluding carboxylic acids is 1. The van der Waals surface area contributed by atoms with Crippen LogP contribution >= 0.6 is 11.6 Å². The van der Waals surface area contributed by atoms with E-state index in [0.717, 1.165) is 18.5 Å². The van der Waals surface area contributed by atoms with Crippen LogP contribution in [0.5, 0.6) is 0 Å². The Morgan fingerprint density at radius 3 is 2.50 bits per heavy atom. The van der Waals surface area contributed by atoms with E-state index in [1.54, 1.807) is 0 Å². The third-order valence-corrected chi connectivity index (χ3v) is 7.93. The van der Waals surface area contributed by atoms with Gasteiger partial charge in [-0.15, -0.1) is 11.6 Å². The van der Waals surface area contributed by atoms with Gasteiger partial charge in [0.05, 0.1) is 5.50 Å². The standard InChI is InChI=1S/C10H19ClO2Si/c1-2-6-10(12)13-14(9-11)7-4-3-5-8-14/h2-9H2,1H3. The van der Waals surface area contributed by atoms with Crippen molar-refractivity contribution in [1.82, 2.24) is 0 Å². The van der Waals surface area contributed by atoms with Crippen molar-refractivity contribution in [3.8, 4) is 0 Å². The first kappa shape index (κ1) is 12.0. The molecule has 82 valence electrons. The average molecular weight is 235 g/mol. The highest BCUT2D eigenvalue weighted by Gasteiger charge is 2.38. The van der Waals surface area contributed by atoms with Gasteiger partial charge in [-0.3, -0.25) is 4.79 Å². The lowest BCUT2D eigenvalue weighted by Gasteiger charge is -2.32. The molecule has 0 aromatic heterocycles. The van der Waals surface area contributed by atoms with Crippen LogP contribution in [0.25, 0.3) is 0 Å². The summed E-state index contributed by atoms with van der Waals surface area (Å²) in [6.07, 6.45) is 5.07. The molecule has 1 aliphatic rings. The largest absolute Gasteiger partial charge is 0.518 e. The molecule has 1 fully saturated rings. The second-order valence-corrected chi connectivity index (χ2v) is 8.74. The number of alkyl halides is 1. The summed E-state index contributed by atoms with van der Waals surface area (Å²) in [5, 5.41) is 0. The fourth-order valence-electron chi connectivity index (χ4n) is 1.96. The van der Waals surface area contributed by atoms with Gasteiger partial charge in [-0.05, 0) is 18.5 Å². The predicted molar refractivity (Wildman–Crippen MR) is 60.9 cm³/mol. The molecule has 0 atom stereocenters. The van der Waals surface area contributed by atoms with Crippen LogP contribution < -0.4 is 0 Å². The molecule has 0 radical (unpaired) electrons. The van der Waals surface area contributed by atoms with E-state index in [1.807, 2.05) is 6.92 Å². The molecule has 1 saturated heterocycles. The lowest BCUT2D eigenvalue weighted by atomic mass is 10.3. The molecule has 1 rings (SSSR count). The first-order chi connectivity index (χ1) is 6.72. The van der Waals surface area contributed by atoms with Gasteiger partial charge < -0.3 is 4.43 Å². The van der Waals surface area contributed by atoms with Gasteiger partial charge in [-0.25, -0.2) is 0 Å². The Bertz CT molecular complexity index is 191. The molecule has 0 spiro atoms. The van der Waals surface area contributed by atoms with Crippen molar-refractivity contribution in [3.05, 3.63) is 0 Å². The summed E-state index contributed by atoms with van der Waals surface area (Å²) in [5.74, 6) is -0.0262. The average Bonchev–Trinajstić information content (AvgIpc) is 2.19. The van der Waals surface area contributed by atoms with E-state index in [1.165, 1.54) is 19.3 Å². The van der Waals surface area contributed by atoms with Crippen molar-refractivity contribution < 1.29 is 9.22 Å². The lowest BCUT2D eigenvalue weighted by Crippen LogP contribution is -2.44. The molecular weight excluding hydrogens is 216 g/mol. The second-order valence-electron chi connectivity index (χ2n) is 4.10. The van der Waals surface area contributed by atoms with Crippen molar-refractivity contribution in [2.45, 2.75) is 51.1 Å². The van der Waals surface area contributed by atoms with E-state index in [9.17, 15) is 4.79 Å². The highest BCUT2D eigenvalue weighted by Crippen LogP contribution is 2.30. The molecule has 0 saturated carbocycles. The smallest absolute Gasteiger partial charge is 0.292 e. The van der Waals surface area contributed by atoms with Crippen LogP contribution in [0.2, 0.25) is 12.1 Å². The molecule has 1 aliphatic heterocycles. The number of rotatable bonds is 4. The van der Waals surface area contributed by atoms with E-state index in [-0.39, 0.29) is 5.97 Å². The molecule has 1 heterocycles. The fourth-order valence-corrected chi connectivity index (χ4v) is 6.07. The van der Waals surface area contributed by atoms with Crippen LogP contribution in [0.15, 0.2) is 0 Å². The van der Waals surface area contributed by atoms with Crippen LogP contribution in [-0.4, -0.2) is 19.8 Å². The van der Waals surface area contributed by atoms with Gasteiger partial charge in [0.25, 0.3) is 14.3 Å². The summed E-state index contributed by atoms with van der Waals surface area (Å²) in [5.41, 5.74) is 0.586. The van der Waals surface area contributed by atoms with Crippen molar-refractivity contribution >= 4 is 25.9 Å². The zero-order valence-corrected chi connectivity index (χ0v) is 10.6. The highest BCUT2D eigenvalue weighted by molar-refractivity contribution is 6.81. The molecule has 2 nitrogen and oxygen atoms in total. The monoisotopic (exact) mass is 234 g/mol. The maximum atomic E-state index is 11.4. The number of hydrogen-bond acceptors (Lipinski definition) is 2. The summed E-state index contributed by atoms with van der Waals surface area (Å²) in [7, 11) is -1.84. The van der Waals surface area contributed by atoms with Crippen LogP contribution in [0.1, 0.15) is 39.0 Å². The summed E-state index contributed by atoms with van der Waals surface area (Å²) >= 11 is 5.97. The minimum atomic E-state index is -1.84. The Labute approximate surface area is 92.1 Å². The third kappa shape index (κ3) is 3.28. The first-order valence-corrected chi connectivity index (χ1v) is 8.57. The zero-order chi connectivity index (χ0) is 10.4. The fraction of sp³-hybridized carbons (Fsp3) is 0.900. The lowest BCUT2D eigenvalue weighted by molar-refractivity contribution is -0.135. The van der Waals surface area contributed by atoms with E-state index >= 15 is 0 Å². The number of hydrogen-bond donors (Lipinski definition) is 0. The first-order valence-electron chi connectivity index (χ1n) is 5.50.